The highest BCUT2D eigenvalue weighted by Gasteiger charge is 2.15. The average molecular weight is 302 g/mol. The van der Waals surface area contributed by atoms with Gasteiger partial charge in [-0.15, -0.1) is 0 Å². The van der Waals surface area contributed by atoms with Crippen LogP contribution in [0.15, 0.2) is 53.7 Å². The first kappa shape index (κ1) is 15.4. The summed E-state index contributed by atoms with van der Waals surface area (Å²) in [6, 6.07) is 13.0. The molecule has 4 nitrogen and oxygen atoms in total. The standard InChI is InChI=1S/C16H18N2O2S/c1-3-20-14-9-7-13(8-10-14)18-16(19)12(2)21-15-6-4-5-11-17-15/h4-12H,3H2,1-2H3,(H,18,19)/t12-/m1/s1. The van der Waals surface area contributed by atoms with Crippen LogP contribution in [0.4, 0.5) is 5.69 Å². The van der Waals surface area contributed by atoms with Crippen LogP contribution in [0.1, 0.15) is 13.8 Å². The van der Waals surface area contributed by atoms with Gasteiger partial charge in [0.05, 0.1) is 16.9 Å². The lowest BCUT2D eigenvalue weighted by atomic mass is 10.3. The highest BCUT2D eigenvalue weighted by Crippen LogP contribution is 2.22. The van der Waals surface area contributed by atoms with Gasteiger partial charge in [-0.25, -0.2) is 4.98 Å². The fraction of sp³-hybridized carbons (Fsp3) is 0.250. The summed E-state index contributed by atoms with van der Waals surface area (Å²) >= 11 is 1.43. The molecule has 0 aliphatic rings. The van der Waals surface area contributed by atoms with Crippen molar-refractivity contribution in [3.8, 4) is 5.75 Å². The van der Waals surface area contributed by atoms with Crippen molar-refractivity contribution in [1.82, 2.24) is 4.98 Å². The van der Waals surface area contributed by atoms with Crippen LogP contribution in [0.3, 0.4) is 0 Å². The van der Waals surface area contributed by atoms with Gasteiger partial charge in [0, 0.05) is 11.9 Å². The normalized spacial score (nSPS) is 11.7. The number of anilines is 1. The number of carbonyl (C=O) groups is 1. The molecule has 0 saturated heterocycles. The third-order valence-electron chi connectivity index (χ3n) is 2.74. The third-order valence-corrected chi connectivity index (χ3v) is 3.79. The Bertz CT molecular complexity index is 573. The van der Waals surface area contributed by atoms with E-state index in [1.807, 2.05) is 56.3 Å². The second kappa shape index (κ2) is 7.69. The first-order valence-electron chi connectivity index (χ1n) is 6.80. The van der Waals surface area contributed by atoms with E-state index >= 15 is 0 Å². The lowest BCUT2D eigenvalue weighted by Gasteiger charge is -2.12. The van der Waals surface area contributed by atoms with Gasteiger partial charge in [-0.1, -0.05) is 17.8 Å². The third kappa shape index (κ3) is 4.79. The monoisotopic (exact) mass is 302 g/mol. The predicted octanol–water partition coefficient (Wildman–Crippen LogP) is 3.60. The topological polar surface area (TPSA) is 51.2 Å². The number of carbonyl (C=O) groups excluding carboxylic acids is 1. The number of hydrogen-bond donors (Lipinski definition) is 1. The number of amides is 1. The van der Waals surface area contributed by atoms with Crippen molar-refractivity contribution in [2.24, 2.45) is 0 Å². The van der Waals surface area contributed by atoms with Crippen molar-refractivity contribution in [2.75, 3.05) is 11.9 Å². The number of pyridine rings is 1. The molecule has 21 heavy (non-hydrogen) atoms. The van der Waals surface area contributed by atoms with E-state index < -0.39 is 0 Å². The molecule has 1 aromatic carbocycles. The molecular formula is C16H18N2O2S. The quantitative estimate of drug-likeness (QED) is 0.828. The van der Waals surface area contributed by atoms with Crippen LogP contribution >= 0.6 is 11.8 Å². The zero-order valence-electron chi connectivity index (χ0n) is 12.1. The lowest BCUT2D eigenvalue weighted by molar-refractivity contribution is -0.115. The summed E-state index contributed by atoms with van der Waals surface area (Å²) in [4.78, 5) is 16.3. The van der Waals surface area contributed by atoms with Gasteiger partial charge in [-0.05, 0) is 50.2 Å². The maximum absolute atomic E-state index is 12.1. The van der Waals surface area contributed by atoms with E-state index in [-0.39, 0.29) is 11.2 Å². The van der Waals surface area contributed by atoms with Crippen molar-refractivity contribution >= 4 is 23.4 Å². The highest BCUT2D eigenvalue weighted by molar-refractivity contribution is 8.00. The Kier molecular flexibility index (Phi) is 5.63. The Morgan fingerprint density at radius 2 is 2.05 bits per heavy atom. The minimum atomic E-state index is -0.216. The molecule has 1 heterocycles. The fourth-order valence-electron chi connectivity index (χ4n) is 1.70. The summed E-state index contributed by atoms with van der Waals surface area (Å²) < 4.78 is 5.37. The van der Waals surface area contributed by atoms with Gasteiger partial charge in [0.1, 0.15) is 5.75 Å². The molecule has 0 radical (unpaired) electrons. The fourth-order valence-corrected chi connectivity index (χ4v) is 2.50. The van der Waals surface area contributed by atoms with Crippen LogP contribution in [0.25, 0.3) is 0 Å². The number of nitrogens with zero attached hydrogens (tertiary/aromatic N) is 1. The average Bonchev–Trinajstić information content (AvgIpc) is 2.50. The summed E-state index contributed by atoms with van der Waals surface area (Å²) in [5, 5.41) is 3.51. The first-order valence-corrected chi connectivity index (χ1v) is 7.68. The zero-order chi connectivity index (χ0) is 15.1. The Hall–Kier alpha value is -2.01. The second-order valence-electron chi connectivity index (χ2n) is 4.37. The first-order chi connectivity index (χ1) is 10.2. The number of aromatic nitrogens is 1. The molecule has 0 fully saturated rings. The van der Waals surface area contributed by atoms with Gasteiger partial charge in [-0.2, -0.15) is 0 Å². The molecule has 110 valence electrons. The van der Waals surface area contributed by atoms with E-state index in [1.54, 1.807) is 6.20 Å². The molecule has 0 saturated carbocycles. The molecule has 2 rings (SSSR count). The minimum Gasteiger partial charge on any atom is -0.494 e. The lowest BCUT2D eigenvalue weighted by Crippen LogP contribution is -2.22. The molecule has 0 unspecified atom stereocenters. The van der Waals surface area contributed by atoms with Crippen molar-refractivity contribution < 1.29 is 9.53 Å². The van der Waals surface area contributed by atoms with Gasteiger partial charge in [0.25, 0.3) is 0 Å². The van der Waals surface area contributed by atoms with E-state index in [0.717, 1.165) is 16.5 Å². The van der Waals surface area contributed by atoms with Gasteiger partial charge >= 0.3 is 0 Å². The number of nitrogens with one attached hydrogen (secondary N) is 1. The summed E-state index contributed by atoms with van der Waals surface area (Å²) in [7, 11) is 0. The summed E-state index contributed by atoms with van der Waals surface area (Å²) in [6.45, 7) is 4.43. The molecular weight excluding hydrogens is 284 g/mol. The number of rotatable bonds is 6. The summed E-state index contributed by atoms with van der Waals surface area (Å²) in [5.74, 6) is 0.751. The van der Waals surface area contributed by atoms with Crippen molar-refractivity contribution in [2.45, 2.75) is 24.1 Å². The summed E-state index contributed by atoms with van der Waals surface area (Å²) in [5.41, 5.74) is 0.761. The highest BCUT2D eigenvalue weighted by atomic mass is 32.2. The van der Waals surface area contributed by atoms with Gasteiger partial charge in [-0.3, -0.25) is 4.79 Å². The Morgan fingerprint density at radius 3 is 2.67 bits per heavy atom. The number of hydrogen-bond acceptors (Lipinski definition) is 4. The smallest absolute Gasteiger partial charge is 0.237 e. The summed E-state index contributed by atoms with van der Waals surface area (Å²) in [6.07, 6.45) is 1.72. The van der Waals surface area contributed by atoms with E-state index in [9.17, 15) is 4.79 Å². The van der Waals surface area contributed by atoms with Crippen molar-refractivity contribution in [1.29, 1.82) is 0 Å². The van der Waals surface area contributed by atoms with E-state index in [2.05, 4.69) is 10.3 Å². The Morgan fingerprint density at radius 1 is 1.29 bits per heavy atom. The number of ether oxygens (including phenoxy) is 1. The SMILES string of the molecule is CCOc1ccc(NC(=O)[C@@H](C)Sc2ccccn2)cc1. The van der Waals surface area contributed by atoms with Crippen LogP contribution in [-0.4, -0.2) is 22.7 Å². The molecule has 1 aromatic heterocycles. The minimum absolute atomic E-state index is 0.0465. The molecule has 0 aliphatic carbocycles. The number of benzene rings is 1. The molecule has 0 spiro atoms. The molecule has 0 bridgehead atoms. The van der Waals surface area contributed by atoms with Crippen LogP contribution in [0.5, 0.6) is 5.75 Å². The van der Waals surface area contributed by atoms with Gasteiger partial charge < -0.3 is 10.1 Å². The molecule has 0 aliphatic heterocycles. The van der Waals surface area contributed by atoms with Crippen molar-refractivity contribution in [3.63, 3.8) is 0 Å². The maximum atomic E-state index is 12.1. The van der Waals surface area contributed by atoms with Crippen LogP contribution in [0, 0.1) is 0 Å². The van der Waals surface area contributed by atoms with E-state index in [0.29, 0.717) is 6.61 Å². The Labute approximate surface area is 128 Å². The van der Waals surface area contributed by atoms with E-state index in [1.165, 1.54) is 11.8 Å². The molecule has 1 N–H and O–H groups in total. The van der Waals surface area contributed by atoms with Gasteiger partial charge in [0.15, 0.2) is 0 Å². The second-order valence-corrected chi connectivity index (χ2v) is 5.74. The van der Waals surface area contributed by atoms with Crippen LogP contribution in [0.2, 0.25) is 0 Å². The molecule has 1 atom stereocenters. The van der Waals surface area contributed by atoms with Crippen LogP contribution < -0.4 is 10.1 Å². The Balaban J connectivity index is 1.91. The number of thioether (sulfide) groups is 1. The zero-order valence-corrected chi connectivity index (χ0v) is 12.9. The van der Waals surface area contributed by atoms with Gasteiger partial charge in [0.2, 0.25) is 5.91 Å². The molecule has 5 heteroatoms. The van der Waals surface area contributed by atoms with Crippen LogP contribution in [-0.2, 0) is 4.79 Å². The maximum Gasteiger partial charge on any atom is 0.237 e. The van der Waals surface area contributed by atoms with E-state index in [4.69, 9.17) is 4.74 Å². The van der Waals surface area contributed by atoms with Crippen molar-refractivity contribution in [3.05, 3.63) is 48.7 Å². The molecule has 1 amide bonds. The molecule has 2 aromatic rings. The largest absolute Gasteiger partial charge is 0.494 e. The predicted molar refractivity (Wildman–Crippen MR) is 85.8 cm³/mol.